The average molecular weight is 232 g/mol. The fourth-order valence-corrected chi connectivity index (χ4v) is 2.65. The Hall–Kier alpha value is -1.18. The predicted molar refractivity (Wildman–Crippen MR) is 75.3 cm³/mol. The number of nitrogens with one attached hydrogen (secondary N) is 1. The molecule has 1 aliphatic rings. The molecule has 3 N–H and O–H groups in total. The molecule has 1 saturated carbocycles. The van der Waals surface area contributed by atoms with Crippen LogP contribution in [0.2, 0.25) is 0 Å². The zero-order chi connectivity index (χ0) is 12.1. The molecule has 0 amide bonds. The van der Waals surface area contributed by atoms with Gasteiger partial charge in [0.25, 0.3) is 0 Å². The van der Waals surface area contributed by atoms with E-state index in [1.54, 1.807) is 0 Å². The maximum atomic E-state index is 5.90. The Balaban J connectivity index is 1.75. The highest BCUT2D eigenvalue weighted by Gasteiger charge is 2.12. The van der Waals surface area contributed by atoms with Crippen LogP contribution in [0.1, 0.15) is 44.1 Å². The first-order valence-corrected chi connectivity index (χ1v) is 6.86. The zero-order valence-electron chi connectivity index (χ0n) is 10.8. The van der Waals surface area contributed by atoms with Crippen molar-refractivity contribution in [3.05, 3.63) is 23.8 Å². The van der Waals surface area contributed by atoms with Crippen LogP contribution in [0.15, 0.2) is 18.2 Å². The number of hydrogen-bond acceptors (Lipinski definition) is 2. The first kappa shape index (κ1) is 12.3. The van der Waals surface area contributed by atoms with Gasteiger partial charge in [0.1, 0.15) is 0 Å². The molecular formula is C15H24N2. The maximum Gasteiger partial charge on any atom is 0.0364 e. The second kappa shape index (κ2) is 5.95. The monoisotopic (exact) mass is 232 g/mol. The molecule has 0 radical (unpaired) electrons. The molecule has 1 fully saturated rings. The normalized spacial score (nSPS) is 17.0. The van der Waals surface area contributed by atoms with Crippen molar-refractivity contribution >= 4 is 11.4 Å². The minimum absolute atomic E-state index is 0.882. The fourth-order valence-electron chi connectivity index (χ4n) is 2.65. The van der Waals surface area contributed by atoms with Gasteiger partial charge in [0.15, 0.2) is 0 Å². The highest BCUT2D eigenvalue weighted by atomic mass is 14.9. The second-order valence-electron chi connectivity index (χ2n) is 5.29. The maximum absolute atomic E-state index is 5.90. The Labute approximate surface area is 105 Å². The number of aryl methyl sites for hydroxylation is 1. The van der Waals surface area contributed by atoms with Crippen molar-refractivity contribution in [3.8, 4) is 0 Å². The van der Waals surface area contributed by atoms with E-state index in [1.165, 1.54) is 38.5 Å². The van der Waals surface area contributed by atoms with E-state index in [2.05, 4.69) is 17.4 Å². The summed E-state index contributed by atoms with van der Waals surface area (Å²) in [6, 6.07) is 6.24. The highest BCUT2D eigenvalue weighted by Crippen LogP contribution is 2.26. The van der Waals surface area contributed by atoms with Crippen LogP contribution >= 0.6 is 0 Å². The summed E-state index contributed by atoms with van der Waals surface area (Å²) in [6.07, 6.45) is 8.46. The van der Waals surface area contributed by atoms with Crippen molar-refractivity contribution < 1.29 is 0 Å². The van der Waals surface area contributed by atoms with E-state index in [9.17, 15) is 0 Å². The molecule has 1 aromatic rings. The van der Waals surface area contributed by atoms with Crippen LogP contribution in [0, 0.1) is 12.8 Å². The summed E-state index contributed by atoms with van der Waals surface area (Å²) >= 11 is 0. The molecule has 0 saturated heterocycles. The summed E-state index contributed by atoms with van der Waals surface area (Å²) in [4.78, 5) is 0. The third-order valence-corrected chi connectivity index (χ3v) is 3.89. The van der Waals surface area contributed by atoms with Gasteiger partial charge < -0.3 is 11.1 Å². The Morgan fingerprint density at radius 2 is 2.00 bits per heavy atom. The number of rotatable bonds is 4. The van der Waals surface area contributed by atoms with Crippen molar-refractivity contribution in [2.24, 2.45) is 5.92 Å². The minimum atomic E-state index is 0.882. The molecule has 17 heavy (non-hydrogen) atoms. The topological polar surface area (TPSA) is 38.0 Å². The molecule has 94 valence electrons. The van der Waals surface area contributed by atoms with Gasteiger partial charge in [-0.1, -0.05) is 38.2 Å². The van der Waals surface area contributed by atoms with Gasteiger partial charge in [-0.15, -0.1) is 0 Å². The first-order chi connectivity index (χ1) is 8.25. The largest absolute Gasteiger partial charge is 0.398 e. The van der Waals surface area contributed by atoms with E-state index in [0.717, 1.165) is 29.4 Å². The van der Waals surface area contributed by atoms with Crippen molar-refractivity contribution in [2.45, 2.75) is 45.4 Å². The van der Waals surface area contributed by atoms with Gasteiger partial charge in [0.2, 0.25) is 0 Å². The Bertz CT molecular complexity index is 354. The molecule has 1 aliphatic carbocycles. The van der Waals surface area contributed by atoms with Crippen LogP contribution in [0.5, 0.6) is 0 Å². The van der Waals surface area contributed by atoms with E-state index >= 15 is 0 Å². The summed E-state index contributed by atoms with van der Waals surface area (Å²) in [5, 5.41) is 3.48. The standard InChI is InChI=1S/C15H24N2/c1-12-7-8-14(11-15(12)16)17-10-9-13-5-3-2-4-6-13/h7-8,11,13,17H,2-6,9-10,16H2,1H3. The number of nitrogens with two attached hydrogens (primary N) is 1. The van der Waals surface area contributed by atoms with Gasteiger partial charge in [-0.2, -0.15) is 0 Å². The lowest BCUT2D eigenvalue weighted by molar-refractivity contribution is 0.345. The van der Waals surface area contributed by atoms with Crippen LogP contribution in [-0.2, 0) is 0 Å². The molecule has 0 atom stereocenters. The van der Waals surface area contributed by atoms with Gasteiger partial charge >= 0.3 is 0 Å². The van der Waals surface area contributed by atoms with Gasteiger partial charge in [-0.05, 0) is 37.0 Å². The summed E-state index contributed by atoms with van der Waals surface area (Å²) in [7, 11) is 0. The van der Waals surface area contributed by atoms with Crippen molar-refractivity contribution in [2.75, 3.05) is 17.6 Å². The van der Waals surface area contributed by atoms with Gasteiger partial charge in [-0.25, -0.2) is 0 Å². The van der Waals surface area contributed by atoms with Gasteiger partial charge in [0.05, 0.1) is 0 Å². The van der Waals surface area contributed by atoms with Crippen molar-refractivity contribution in [1.82, 2.24) is 0 Å². The average Bonchev–Trinajstić information content (AvgIpc) is 2.35. The molecule has 2 heteroatoms. The van der Waals surface area contributed by atoms with E-state index in [-0.39, 0.29) is 0 Å². The van der Waals surface area contributed by atoms with Crippen LogP contribution < -0.4 is 11.1 Å². The van der Waals surface area contributed by atoms with Crippen LogP contribution in [0.3, 0.4) is 0 Å². The van der Waals surface area contributed by atoms with Crippen LogP contribution in [0.4, 0.5) is 11.4 Å². The third-order valence-electron chi connectivity index (χ3n) is 3.89. The summed E-state index contributed by atoms with van der Waals surface area (Å²) < 4.78 is 0. The number of nitrogen functional groups attached to an aromatic ring is 1. The van der Waals surface area contributed by atoms with E-state index in [4.69, 9.17) is 5.73 Å². The molecule has 1 aromatic carbocycles. The summed E-state index contributed by atoms with van der Waals surface area (Å²) in [5.41, 5.74) is 9.09. The summed E-state index contributed by atoms with van der Waals surface area (Å²) in [6.45, 7) is 3.12. The molecule has 0 aliphatic heterocycles. The molecule has 0 aromatic heterocycles. The lowest BCUT2D eigenvalue weighted by Gasteiger charge is -2.21. The number of benzene rings is 1. The highest BCUT2D eigenvalue weighted by molar-refractivity contribution is 5.58. The molecule has 2 rings (SSSR count). The fraction of sp³-hybridized carbons (Fsp3) is 0.600. The smallest absolute Gasteiger partial charge is 0.0364 e. The Morgan fingerprint density at radius 3 is 2.71 bits per heavy atom. The van der Waals surface area contributed by atoms with Gasteiger partial charge in [0, 0.05) is 17.9 Å². The molecular weight excluding hydrogens is 208 g/mol. The second-order valence-corrected chi connectivity index (χ2v) is 5.29. The predicted octanol–water partition coefficient (Wildman–Crippen LogP) is 3.96. The Kier molecular flexibility index (Phi) is 4.29. The lowest BCUT2D eigenvalue weighted by Crippen LogP contribution is -2.12. The number of anilines is 2. The SMILES string of the molecule is Cc1ccc(NCCC2CCCCC2)cc1N. The molecule has 0 spiro atoms. The lowest BCUT2D eigenvalue weighted by atomic mass is 9.87. The van der Waals surface area contributed by atoms with Crippen molar-refractivity contribution in [3.63, 3.8) is 0 Å². The minimum Gasteiger partial charge on any atom is -0.398 e. The van der Waals surface area contributed by atoms with Crippen LogP contribution in [-0.4, -0.2) is 6.54 Å². The van der Waals surface area contributed by atoms with Crippen LogP contribution in [0.25, 0.3) is 0 Å². The molecule has 0 heterocycles. The molecule has 2 nitrogen and oxygen atoms in total. The van der Waals surface area contributed by atoms with E-state index in [0.29, 0.717) is 0 Å². The van der Waals surface area contributed by atoms with Gasteiger partial charge in [-0.3, -0.25) is 0 Å². The Morgan fingerprint density at radius 1 is 1.24 bits per heavy atom. The van der Waals surface area contributed by atoms with E-state index in [1.807, 2.05) is 13.0 Å². The van der Waals surface area contributed by atoms with E-state index < -0.39 is 0 Å². The zero-order valence-corrected chi connectivity index (χ0v) is 10.8. The quantitative estimate of drug-likeness (QED) is 0.771. The third kappa shape index (κ3) is 3.65. The molecule has 0 unspecified atom stereocenters. The van der Waals surface area contributed by atoms with Crippen molar-refractivity contribution in [1.29, 1.82) is 0 Å². The first-order valence-electron chi connectivity index (χ1n) is 6.86. The molecule has 0 bridgehead atoms. The number of hydrogen-bond donors (Lipinski definition) is 2. The summed E-state index contributed by atoms with van der Waals surface area (Å²) in [5.74, 6) is 0.944.